The molecule has 0 aliphatic carbocycles. The standard InChI is InChI=1S/C12H16O3/c1-12(2,3)10(13)8-4-6-9(7-5-8)11(14)15/h4-7,11,14-15H,1-3H3. The minimum atomic E-state index is -1.48. The Morgan fingerprint density at radius 2 is 1.60 bits per heavy atom. The van der Waals surface area contributed by atoms with Crippen LogP contribution >= 0.6 is 0 Å². The molecule has 0 radical (unpaired) electrons. The van der Waals surface area contributed by atoms with E-state index in [2.05, 4.69) is 0 Å². The van der Waals surface area contributed by atoms with Crippen LogP contribution in [0.1, 0.15) is 43.0 Å². The molecule has 0 amide bonds. The van der Waals surface area contributed by atoms with Crippen molar-refractivity contribution in [2.45, 2.75) is 27.1 Å². The van der Waals surface area contributed by atoms with Crippen molar-refractivity contribution < 1.29 is 15.0 Å². The van der Waals surface area contributed by atoms with Crippen LogP contribution < -0.4 is 0 Å². The molecule has 0 fully saturated rings. The zero-order valence-electron chi connectivity index (χ0n) is 9.19. The van der Waals surface area contributed by atoms with E-state index in [1.165, 1.54) is 0 Å². The Morgan fingerprint density at radius 3 is 1.93 bits per heavy atom. The van der Waals surface area contributed by atoms with E-state index in [-0.39, 0.29) is 5.78 Å². The Hall–Kier alpha value is -1.19. The number of carbonyl (C=O) groups is 1. The van der Waals surface area contributed by atoms with Crippen LogP contribution in [0.5, 0.6) is 0 Å². The zero-order valence-corrected chi connectivity index (χ0v) is 9.19. The fourth-order valence-corrected chi connectivity index (χ4v) is 1.24. The van der Waals surface area contributed by atoms with Crippen LogP contribution in [-0.4, -0.2) is 16.0 Å². The predicted molar refractivity (Wildman–Crippen MR) is 57.4 cm³/mol. The molecule has 1 rings (SSSR count). The second-order valence-electron chi connectivity index (χ2n) is 4.57. The maximum Gasteiger partial charge on any atom is 0.178 e. The molecule has 0 bridgehead atoms. The molecule has 0 aromatic heterocycles. The first-order valence-electron chi connectivity index (χ1n) is 4.83. The van der Waals surface area contributed by atoms with Crippen molar-refractivity contribution in [2.24, 2.45) is 5.41 Å². The first kappa shape index (κ1) is 11.9. The molecule has 1 aromatic rings. The van der Waals surface area contributed by atoms with Crippen molar-refractivity contribution >= 4 is 5.78 Å². The number of aliphatic hydroxyl groups excluding tert-OH is 1. The van der Waals surface area contributed by atoms with Gasteiger partial charge in [0, 0.05) is 16.5 Å². The van der Waals surface area contributed by atoms with E-state index in [1.807, 2.05) is 20.8 Å². The molecule has 0 aliphatic heterocycles. The van der Waals surface area contributed by atoms with Crippen LogP contribution in [0.4, 0.5) is 0 Å². The summed E-state index contributed by atoms with van der Waals surface area (Å²) in [5.74, 6) is 0.0430. The number of hydrogen-bond donors (Lipinski definition) is 2. The number of rotatable bonds is 2. The second-order valence-corrected chi connectivity index (χ2v) is 4.57. The summed E-state index contributed by atoms with van der Waals surface area (Å²) in [5, 5.41) is 17.8. The zero-order chi connectivity index (χ0) is 11.6. The molecule has 3 nitrogen and oxygen atoms in total. The van der Waals surface area contributed by atoms with Gasteiger partial charge in [-0.2, -0.15) is 0 Å². The molecule has 3 heteroatoms. The molecule has 0 atom stereocenters. The molecule has 0 unspecified atom stereocenters. The fraction of sp³-hybridized carbons (Fsp3) is 0.417. The van der Waals surface area contributed by atoms with Crippen LogP contribution in [0.25, 0.3) is 0 Å². The molecule has 1 aromatic carbocycles. The van der Waals surface area contributed by atoms with Gasteiger partial charge in [-0.15, -0.1) is 0 Å². The summed E-state index contributed by atoms with van der Waals surface area (Å²) in [4.78, 5) is 11.8. The van der Waals surface area contributed by atoms with Crippen LogP contribution in [0.3, 0.4) is 0 Å². The van der Waals surface area contributed by atoms with E-state index in [1.54, 1.807) is 24.3 Å². The van der Waals surface area contributed by atoms with Gasteiger partial charge in [0.25, 0.3) is 0 Å². The summed E-state index contributed by atoms with van der Waals surface area (Å²) >= 11 is 0. The van der Waals surface area contributed by atoms with Crippen molar-refractivity contribution in [3.8, 4) is 0 Å². The second kappa shape index (κ2) is 4.13. The van der Waals surface area contributed by atoms with E-state index >= 15 is 0 Å². The molecule has 82 valence electrons. The maximum atomic E-state index is 11.8. The van der Waals surface area contributed by atoms with E-state index < -0.39 is 11.7 Å². The first-order chi connectivity index (χ1) is 6.82. The molecule has 2 N–H and O–H groups in total. The van der Waals surface area contributed by atoms with Gasteiger partial charge in [-0.05, 0) is 0 Å². The predicted octanol–water partition coefficient (Wildman–Crippen LogP) is 1.90. The molecular formula is C12H16O3. The van der Waals surface area contributed by atoms with E-state index in [0.717, 1.165) is 0 Å². The summed E-state index contributed by atoms with van der Waals surface area (Å²) < 4.78 is 0. The monoisotopic (exact) mass is 208 g/mol. The number of carbonyl (C=O) groups excluding carboxylic acids is 1. The van der Waals surface area contributed by atoms with Gasteiger partial charge < -0.3 is 10.2 Å². The quantitative estimate of drug-likeness (QED) is 0.576. The minimum absolute atomic E-state index is 0.0430. The lowest BCUT2D eigenvalue weighted by molar-refractivity contribution is -0.0425. The Labute approximate surface area is 89.4 Å². The highest BCUT2D eigenvalue weighted by Gasteiger charge is 2.22. The summed E-state index contributed by atoms with van der Waals surface area (Å²) in [6.45, 7) is 5.55. The van der Waals surface area contributed by atoms with Crippen molar-refractivity contribution in [1.82, 2.24) is 0 Å². The van der Waals surface area contributed by atoms with Gasteiger partial charge >= 0.3 is 0 Å². The fourth-order valence-electron chi connectivity index (χ4n) is 1.24. The van der Waals surface area contributed by atoms with Gasteiger partial charge in [-0.25, -0.2) is 0 Å². The van der Waals surface area contributed by atoms with E-state index in [9.17, 15) is 4.79 Å². The highest BCUT2D eigenvalue weighted by Crippen LogP contribution is 2.21. The number of Topliss-reactive ketones (excluding diaryl/α,β-unsaturated/α-hetero) is 1. The summed E-state index contributed by atoms with van der Waals surface area (Å²) in [5.41, 5.74) is 0.562. The lowest BCUT2D eigenvalue weighted by atomic mass is 9.86. The SMILES string of the molecule is CC(C)(C)C(=O)c1ccc(C(O)O)cc1. The molecule has 0 heterocycles. The maximum absolute atomic E-state index is 11.8. The molecule has 0 saturated carbocycles. The van der Waals surface area contributed by atoms with Gasteiger partial charge in [0.2, 0.25) is 0 Å². The normalized spacial score (nSPS) is 11.9. The number of ketones is 1. The molecule has 0 spiro atoms. The summed E-state index contributed by atoms with van der Waals surface area (Å²) in [6, 6.07) is 6.32. The third-order valence-corrected chi connectivity index (χ3v) is 2.15. The Balaban J connectivity index is 2.95. The third kappa shape index (κ3) is 2.88. The lowest BCUT2D eigenvalue weighted by Gasteiger charge is -2.16. The van der Waals surface area contributed by atoms with Crippen molar-refractivity contribution in [3.63, 3.8) is 0 Å². The van der Waals surface area contributed by atoms with Gasteiger partial charge in [-0.3, -0.25) is 4.79 Å². The highest BCUT2D eigenvalue weighted by atomic mass is 16.5. The largest absolute Gasteiger partial charge is 0.364 e. The topological polar surface area (TPSA) is 57.5 Å². The van der Waals surface area contributed by atoms with Crippen molar-refractivity contribution in [1.29, 1.82) is 0 Å². The summed E-state index contributed by atoms with van der Waals surface area (Å²) in [6.07, 6.45) is -1.48. The van der Waals surface area contributed by atoms with E-state index in [0.29, 0.717) is 11.1 Å². The number of hydrogen-bond acceptors (Lipinski definition) is 3. The smallest absolute Gasteiger partial charge is 0.178 e. The highest BCUT2D eigenvalue weighted by molar-refractivity contribution is 5.99. The Kier molecular flexibility index (Phi) is 3.27. The van der Waals surface area contributed by atoms with Crippen molar-refractivity contribution in [2.75, 3.05) is 0 Å². The summed E-state index contributed by atoms with van der Waals surface area (Å²) in [7, 11) is 0. The lowest BCUT2D eigenvalue weighted by Crippen LogP contribution is -2.20. The average Bonchev–Trinajstić information content (AvgIpc) is 2.15. The van der Waals surface area contributed by atoms with Crippen LogP contribution in [0.15, 0.2) is 24.3 Å². The van der Waals surface area contributed by atoms with Gasteiger partial charge in [0.1, 0.15) is 0 Å². The van der Waals surface area contributed by atoms with Crippen LogP contribution in [0, 0.1) is 5.41 Å². The van der Waals surface area contributed by atoms with Crippen LogP contribution in [0.2, 0.25) is 0 Å². The Bertz CT molecular complexity index is 344. The Morgan fingerprint density at radius 1 is 1.13 bits per heavy atom. The number of aliphatic hydroxyl groups is 2. The van der Waals surface area contributed by atoms with Gasteiger partial charge in [0.05, 0.1) is 0 Å². The van der Waals surface area contributed by atoms with Crippen molar-refractivity contribution in [3.05, 3.63) is 35.4 Å². The average molecular weight is 208 g/mol. The third-order valence-electron chi connectivity index (χ3n) is 2.15. The van der Waals surface area contributed by atoms with E-state index in [4.69, 9.17) is 10.2 Å². The van der Waals surface area contributed by atoms with Gasteiger partial charge in [-0.1, -0.05) is 45.0 Å². The molecule has 15 heavy (non-hydrogen) atoms. The molecule has 0 aliphatic rings. The van der Waals surface area contributed by atoms with Gasteiger partial charge in [0.15, 0.2) is 12.1 Å². The minimum Gasteiger partial charge on any atom is -0.364 e. The molecular weight excluding hydrogens is 192 g/mol. The first-order valence-corrected chi connectivity index (χ1v) is 4.83. The van der Waals surface area contributed by atoms with Crippen LogP contribution in [-0.2, 0) is 0 Å². The number of benzene rings is 1. The molecule has 0 saturated heterocycles.